The molecule has 0 aliphatic heterocycles. The Morgan fingerprint density at radius 1 is 1.35 bits per heavy atom. The quantitative estimate of drug-likeness (QED) is 0.877. The number of nitrogens with zero attached hydrogens (tertiary/aromatic N) is 2. The fourth-order valence-electron chi connectivity index (χ4n) is 1.76. The van der Waals surface area contributed by atoms with Crippen molar-refractivity contribution < 1.29 is 4.39 Å². The van der Waals surface area contributed by atoms with Crippen molar-refractivity contribution in [3.05, 3.63) is 53.1 Å². The zero-order chi connectivity index (χ0) is 12.3. The molecule has 0 atom stereocenters. The number of aryl methyl sites for hydroxylation is 2. The van der Waals surface area contributed by atoms with Crippen molar-refractivity contribution in [2.45, 2.75) is 20.0 Å². The SMILES string of the molecule is Cc1cc(F)ccc1CNCc1cnn(C)c1. The van der Waals surface area contributed by atoms with Gasteiger partial charge in [0.25, 0.3) is 0 Å². The molecule has 0 amide bonds. The van der Waals surface area contributed by atoms with Crippen molar-refractivity contribution in [1.82, 2.24) is 15.1 Å². The average molecular weight is 233 g/mol. The third kappa shape index (κ3) is 3.14. The molecule has 0 aliphatic carbocycles. The predicted molar refractivity (Wildman–Crippen MR) is 64.9 cm³/mol. The van der Waals surface area contributed by atoms with Crippen molar-refractivity contribution in [2.24, 2.45) is 7.05 Å². The Hall–Kier alpha value is -1.68. The van der Waals surface area contributed by atoms with E-state index in [0.29, 0.717) is 0 Å². The van der Waals surface area contributed by atoms with Crippen LogP contribution < -0.4 is 5.32 Å². The van der Waals surface area contributed by atoms with E-state index in [1.165, 1.54) is 6.07 Å². The second-order valence-corrected chi connectivity index (χ2v) is 4.20. The van der Waals surface area contributed by atoms with Crippen LogP contribution in [0.15, 0.2) is 30.6 Å². The molecule has 0 fully saturated rings. The number of benzene rings is 1. The third-order valence-corrected chi connectivity index (χ3v) is 2.71. The van der Waals surface area contributed by atoms with Gasteiger partial charge in [0, 0.05) is 31.9 Å². The standard InChI is InChI=1S/C13H16FN3/c1-10-5-13(14)4-3-12(10)8-15-6-11-7-16-17(2)9-11/h3-5,7,9,15H,6,8H2,1-2H3. The number of halogens is 1. The molecule has 1 N–H and O–H groups in total. The minimum absolute atomic E-state index is 0.182. The molecule has 0 bridgehead atoms. The highest BCUT2D eigenvalue weighted by Crippen LogP contribution is 2.10. The van der Waals surface area contributed by atoms with Crippen molar-refractivity contribution in [3.8, 4) is 0 Å². The molecule has 90 valence electrons. The highest BCUT2D eigenvalue weighted by Gasteiger charge is 2.00. The monoisotopic (exact) mass is 233 g/mol. The van der Waals surface area contributed by atoms with Gasteiger partial charge in [0.1, 0.15) is 5.82 Å². The lowest BCUT2D eigenvalue weighted by Gasteiger charge is -2.06. The Balaban J connectivity index is 1.90. The van der Waals surface area contributed by atoms with Gasteiger partial charge in [0.05, 0.1) is 6.20 Å². The fraction of sp³-hybridized carbons (Fsp3) is 0.308. The van der Waals surface area contributed by atoms with Crippen LogP contribution in [0.4, 0.5) is 4.39 Å². The van der Waals surface area contributed by atoms with Gasteiger partial charge >= 0.3 is 0 Å². The molecular formula is C13H16FN3. The Morgan fingerprint density at radius 2 is 2.18 bits per heavy atom. The third-order valence-electron chi connectivity index (χ3n) is 2.71. The van der Waals surface area contributed by atoms with Crippen LogP contribution in [-0.4, -0.2) is 9.78 Å². The van der Waals surface area contributed by atoms with Crippen molar-refractivity contribution in [2.75, 3.05) is 0 Å². The van der Waals surface area contributed by atoms with Gasteiger partial charge in [-0.2, -0.15) is 5.10 Å². The van der Waals surface area contributed by atoms with Crippen LogP contribution in [0.1, 0.15) is 16.7 Å². The lowest BCUT2D eigenvalue weighted by molar-refractivity contribution is 0.623. The van der Waals surface area contributed by atoms with Gasteiger partial charge in [-0.25, -0.2) is 4.39 Å². The van der Waals surface area contributed by atoms with E-state index in [2.05, 4.69) is 10.4 Å². The van der Waals surface area contributed by atoms with E-state index in [-0.39, 0.29) is 5.82 Å². The van der Waals surface area contributed by atoms with Crippen LogP contribution in [0.2, 0.25) is 0 Å². The minimum Gasteiger partial charge on any atom is -0.308 e. The molecule has 1 aromatic carbocycles. The molecule has 2 rings (SSSR count). The molecule has 0 saturated heterocycles. The van der Waals surface area contributed by atoms with E-state index in [4.69, 9.17) is 0 Å². The lowest BCUT2D eigenvalue weighted by Crippen LogP contribution is -2.13. The van der Waals surface area contributed by atoms with Crippen LogP contribution >= 0.6 is 0 Å². The summed E-state index contributed by atoms with van der Waals surface area (Å²) < 4.78 is 14.7. The second-order valence-electron chi connectivity index (χ2n) is 4.20. The molecule has 1 heterocycles. The summed E-state index contributed by atoms with van der Waals surface area (Å²) >= 11 is 0. The van der Waals surface area contributed by atoms with Gasteiger partial charge < -0.3 is 5.32 Å². The van der Waals surface area contributed by atoms with Gasteiger partial charge in [-0.15, -0.1) is 0 Å². The molecule has 4 heteroatoms. The van der Waals surface area contributed by atoms with Crippen molar-refractivity contribution in [1.29, 1.82) is 0 Å². The maximum Gasteiger partial charge on any atom is 0.123 e. The Morgan fingerprint density at radius 3 is 2.82 bits per heavy atom. The van der Waals surface area contributed by atoms with E-state index < -0.39 is 0 Å². The largest absolute Gasteiger partial charge is 0.308 e. The number of nitrogens with one attached hydrogen (secondary N) is 1. The molecule has 0 unspecified atom stereocenters. The van der Waals surface area contributed by atoms with E-state index in [1.54, 1.807) is 10.7 Å². The van der Waals surface area contributed by atoms with Crippen molar-refractivity contribution >= 4 is 0 Å². The number of rotatable bonds is 4. The zero-order valence-corrected chi connectivity index (χ0v) is 10.1. The smallest absolute Gasteiger partial charge is 0.123 e. The molecule has 2 aromatic rings. The molecule has 0 radical (unpaired) electrons. The van der Waals surface area contributed by atoms with Gasteiger partial charge in [-0.3, -0.25) is 4.68 Å². The Bertz CT molecular complexity index is 505. The van der Waals surface area contributed by atoms with Crippen LogP contribution in [0, 0.1) is 12.7 Å². The van der Waals surface area contributed by atoms with E-state index in [9.17, 15) is 4.39 Å². The van der Waals surface area contributed by atoms with Crippen LogP contribution in [0.25, 0.3) is 0 Å². The van der Waals surface area contributed by atoms with Gasteiger partial charge in [-0.1, -0.05) is 6.07 Å². The summed E-state index contributed by atoms with van der Waals surface area (Å²) in [6.07, 6.45) is 3.81. The normalized spacial score (nSPS) is 10.8. The van der Waals surface area contributed by atoms with Gasteiger partial charge in [0.2, 0.25) is 0 Å². The summed E-state index contributed by atoms with van der Waals surface area (Å²) in [7, 11) is 1.90. The fourth-order valence-corrected chi connectivity index (χ4v) is 1.76. The molecular weight excluding hydrogens is 217 g/mol. The molecule has 3 nitrogen and oxygen atoms in total. The summed E-state index contributed by atoms with van der Waals surface area (Å²) in [5.41, 5.74) is 3.24. The molecule has 0 saturated carbocycles. The number of hydrogen-bond donors (Lipinski definition) is 1. The molecule has 17 heavy (non-hydrogen) atoms. The van der Waals surface area contributed by atoms with Crippen LogP contribution in [-0.2, 0) is 20.1 Å². The van der Waals surface area contributed by atoms with E-state index in [0.717, 1.165) is 29.8 Å². The molecule has 0 spiro atoms. The minimum atomic E-state index is -0.182. The molecule has 1 aromatic heterocycles. The first-order valence-corrected chi connectivity index (χ1v) is 5.58. The summed E-state index contributed by atoms with van der Waals surface area (Å²) in [6.45, 7) is 3.43. The number of hydrogen-bond acceptors (Lipinski definition) is 2. The maximum absolute atomic E-state index is 12.9. The number of aromatic nitrogens is 2. The Labute approximate surface area is 100 Å². The zero-order valence-electron chi connectivity index (χ0n) is 10.1. The van der Waals surface area contributed by atoms with Crippen LogP contribution in [0.3, 0.4) is 0 Å². The lowest BCUT2D eigenvalue weighted by atomic mass is 10.1. The summed E-state index contributed by atoms with van der Waals surface area (Å²) in [4.78, 5) is 0. The molecule has 0 aliphatic rings. The van der Waals surface area contributed by atoms with Crippen molar-refractivity contribution in [3.63, 3.8) is 0 Å². The first-order chi connectivity index (χ1) is 8.15. The Kier molecular flexibility index (Phi) is 3.54. The summed E-state index contributed by atoms with van der Waals surface area (Å²) in [5, 5.41) is 7.41. The van der Waals surface area contributed by atoms with Gasteiger partial charge in [-0.05, 0) is 30.2 Å². The first kappa shape index (κ1) is 11.8. The van der Waals surface area contributed by atoms with E-state index in [1.807, 2.05) is 32.4 Å². The van der Waals surface area contributed by atoms with Gasteiger partial charge in [0.15, 0.2) is 0 Å². The summed E-state index contributed by atoms with van der Waals surface area (Å²) in [6, 6.07) is 4.87. The van der Waals surface area contributed by atoms with Crippen LogP contribution in [0.5, 0.6) is 0 Å². The average Bonchev–Trinajstić information content (AvgIpc) is 2.68. The first-order valence-electron chi connectivity index (χ1n) is 5.58. The maximum atomic E-state index is 12.9. The topological polar surface area (TPSA) is 29.9 Å². The van der Waals surface area contributed by atoms with E-state index >= 15 is 0 Å². The highest BCUT2D eigenvalue weighted by molar-refractivity contribution is 5.26. The summed E-state index contributed by atoms with van der Waals surface area (Å²) in [5.74, 6) is -0.182. The highest BCUT2D eigenvalue weighted by atomic mass is 19.1. The predicted octanol–water partition coefficient (Wildman–Crippen LogP) is 2.16. The second kappa shape index (κ2) is 5.10.